The first kappa shape index (κ1) is 12.6. The Morgan fingerprint density at radius 1 is 0.800 bits per heavy atom. The highest BCUT2D eigenvalue weighted by molar-refractivity contribution is 14.1. The largest absolute Gasteiger partial charge is 0.436 e. The van der Waals surface area contributed by atoms with Crippen molar-refractivity contribution in [3.63, 3.8) is 0 Å². The van der Waals surface area contributed by atoms with E-state index >= 15 is 0 Å². The van der Waals surface area contributed by atoms with Crippen molar-refractivity contribution in [3.8, 4) is 11.5 Å². The Balaban J connectivity index is 1.90. The SMILES string of the molecule is Ic1ccc2oc(-c3ccc4oc(I)nc4c3)nc2c1. The van der Waals surface area contributed by atoms with Crippen molar-refractivity contribution in [3.05, 3.63) is 43.9 Å². The predicted molar refractivity (Wildman–Crippen MR) is 92.4 cm³/mol. The Bertz CT molecular complexity index is 943. The third-order valence-electron chi connectivity index (χ3n) is 2.96. The molecule has 0 spiro atoms. The number of oxazole rings is 2. The van der Waals surface area contributed by atoms with Gasteiger partial charge in [-0.05, 0) is 59.0 Å². The van der Waals surface area contributed by atoms with Gasteiger partial charge in [-0.2, -0.15) is 0 Å². The third kappa shape index (κ3) is 2.10. The summed E-state index contributed by atoms with van der Waals surface area (Å²) in [5.74, 6) is 0.599. The highest BCUT2D eigenvalue weighted by Gasteiger charge is 2.11. The third-order valence-corrected chi connectivity index (χ3v) is 4.09. The summed E-state index contributed by atoms with van der Waals surface area (Å²) in [6.07, 6.45) is 0. The molecule has 2 heterocycles. The maximum absolute atomic E-state index is 5.79. The van der Waals surface area contributed by atoms with Gasteiger partial charge in [-0.3, -0.25) is 0 Å². The van der Waals surface area contributed by atoms with Crippen LogP contribution >= 0.6 is 45.2 Å². The molecule has 0 saturated heterocycles. The molecule has 0 N–H and O–H groups in total. The lowest BCUT2D eigenvalue weighted by Gasteiger charge is -1.93. The van der Waals surface area contributed by atoms with Crippen LogP contribution < -0.4 is 0 Å². The fraction of sp³-hybridized carbons (Fsp3) is 0. The van der Waals surface area contributed by atoms with E-state index in [-0.39, 0.29) is 0 Å². The first-order valence-electron chi connectivity index (χ1n) is 5.81. The van der Waals surface area contributed by atoms with Crippen LogP contribution in [0.25, 0.3) is 33.7 Å². The summed E-state index contributed by atoms with van der Waals surface area (Å²) in [5, 5.41) is 0. The van der Waals surface area contributed by atoms with Crippen molar-refractivity contribution in [1.29, 1.82) is 0 Å². The average molecular weight is 488 g/mol. The topological polar surface area (TPSA) is 52.1 Å². The molecule has 4 aromatic rings. The second-order valence-electron chi connectivity index (χ2n) is 4.28. The molecule has 2 aromatic heterocycles. The summed E-state index contributed by atoms with van der Waals surface area (Å²) in [7, 11) is 0. The van der Waals surface area contributed by atoms with Crippen LogP contribution in [0, 0.1) is 7.47 Å². The van der Waals surface area contributed by atoms with Gasteiger partial charge in [0.25, 0.3) is 3.90 Å². The Morgan fingerprint density at radius 2 is 1.55 bits per heavy atom. The van der Waals surface area contributed by atoms with Gasteiger partial charge in [0.1, 0.15) is 11.0 Å². The molecule has 4 nitrogen and oxygen atoms in total. The monoisotopic (exact) mass is 488 g/mol. The molecule has 6 heteroatoms. The minimum atomic E-state index is 0.599. The molecular formula is C14H6I2N2O2. The Labute approximate surface area is 140 Å². The minimum Gasteiger partial charge on any atom is -0.436 e. The number of halogens is 2. The molecule has 0 amide bonds. The predicted octanol–water partition coefficient (Wildman–Crippen LogP) is 4.85. The van der Waals surface area contributed by atoms with Crippen molar-refractivity contribution in [1.82, 2.24) is 9.97 Å². The van der Waals surface area contributed by atoms with Crippen LogP contribution in [0.3, 0.4) is 0 Å². The molecule has 0 bridgehead atoms. The van der Waals surface area contributed by atoms with Crippen LogP contribution in [0.4, 0.5) is 0 Å². The fourth-order valence-electron chi connectivity index (χ4n) is 2.06. The summed E-state index contributed by atoms with van der Waals surface area (Å²) in [6, 6.07) is 11.7. The van der Waals surface area contributed by atoms with E-state index in [1.165, 1.54) is 0 Å². The van der Waals surface area contributed by atoms with Gasteiger partial charge in [-0.25, -0.2) is 9.97 Å². The molecule has 0 unspecified atom stereocenters. The molecule has 0 atom stereocenters. The van der Waals surface area contributed by atoms with E-state index in [0.717, 1.165) is 31.3 Å². The maximum Gasteiger partial charge on any atom is 0.258 e. The lowest BCUT2D eigenvalue weighted by atomic mass is 10.2. The molecule has 0 saturated carbocycles. The number of hydrogen-bond donors (Lipinski definition) is 0. The van der Waals surface area contributed by atoms with E-state index in [2.05, 4.69) is 55.1 Å². The quantitative estimate of drug-likeness (QED) is 0.360. The summed E-state index contributed by atoms with van der Waals surface area (Å²) in [5.41, 5.74) is 4.12. The second kappa shape index (κ2) is 4.69. The molecule has 2 aromatic carbocycles. The number of rotatable bonds is 1. The van der Waals surface area contributed by atoms with Crippen molar-refractivity contribution < 1.29 is 8.83 Å². The summed E-state index contributed by atoms with van der Waals surface area (Å²) in [6.45, 7) is 0. The lowest BCUT2D eigenvalue weighted by molar-refractivity contribution is 0.566. The van der Waals surface area contributed by atoms with Gasteiger partial charge in [-0.1, -0.05) is 0 Å². The molecule has 0 radical (unpaired) electrons. The lowest BCUT2D eigenvalue weighted by Crippen LogP contribution is -1.77. The van der Waals surface area contributed by atoms with E-state index < -0.39 is 0 Å². The first-order chi connectivity index (χ1) is 9.69. The van der Waals surface area contributed by atoms with E-state index in [9.17, 15) is 0 Å². The number of benzene rings is 2. The van der Waals surface area contributed by atoms with E-state index in [1.54, 1.807) is 0 Å². The van der Waals surface area contributed by atoms with Crippen LogP contribution in [0.15, 0.2) is 45.2 Å². The Morgan fingerprint density at radius 3 is 2.45 bits per heavy atom. The summed E-state index contributed by atoms with van der Waals surface area (Å²) >= 11 is 4.32. The fourth-order valence-corrected chi connectivity index (χ4v) is 3.03. The first-order valence-corrected chi connectivity index (χ1v) is 7.97. The standard InChI is InChI=1S/C14H6I2N2O2/c15-8-2-4-11-10(6-8)17-13(19-11)7-1-3-12-9(5-7)18-14(16)20-12/h1-6H. The normalized spacial score (nSPS) is 11.5. The van der Waals surface area contributed by atoms with Gasteiger partial charge >= 0.3 is 0 Å². The van der Waals surface area contributed by atoms with Gasteiger partial charge in [0.15, 0.2) is 11.2 Å². The van der Waals surface area contributed by atoms with Gasteiger partial charge in [0, 0.05) is 31.7 Å². The molecular weight excluding hydrogens is 482 g/mol. The van der Waals surface area contributed by atoms with Crippen LogP contribution in [0.1, 0.15) is 0 Å². The minimum absolute atomic E-state index is 0.599. The molecule has 0 aliphatic carbocycles. The van der Waals surface area contributed by atoms with Gasteiger partial charge in [0.2, 0.25) is 5.89 Å². The maximum atomic E-state index is 5.79. The number of hydrogen-bond acceptors (Lipinski definition) is 4. The van der Waals surface area contributed by atoms with Crippen LogP contribution in [0.2, 0.25) is 0 Å². The molecule has 0 fully saturated rings. The zero-order valence-electron chi connectivity index (χ0n) is 9.93. The molecule has 4 rings (SSSR count). The van der Waals surface area contributed by atoms with Crippen molar-refractivity contribution in [2.75, 3.05) is 0 Å². The molecule has 0 aliphatic rings. The second-order valence-corrected chi connectivity index (χ2v) is 6.45. The number of fused-ring (bicyclic) bond motifs is 2. The molecule has 20 heavy (non-hydrogen) atoms. The van der Waals surface area contributed by atoms with Crippen LogP contribution in [-0.4, -0.2) is 9.97 Å². The number of aromatic nitrogens is 2. The summed E-state index contributed by atoms with van der Waals surface area (Å²) in [4.78, 5) is 8.84. The zero-order chi connectivity index (χ0) is 13.7. The summed E-state index contributed by atoms with van der Waals surface area (Å²) < 4.78 is 13.0. The van der Waals surface area contributed by atoms with Crippen LogP contribution in [0.5, 0.6) is 0 Å². The van der Waals surface area contributed by atoms with Gasteiger partial charge < -0.3 is 8.83 Å². The van der Waals surface area contributed by atoms with Crippen molar-refractivity contribution >= 4 is 67.4 Å². The van der Waals surface area contributed by atoms with Gasteiger partial charge in [0.05, 0.1) is 0 Å². The smallest absolute Gasteiger partial charge is 0.258 e. The molecule has 98 valence electrons. The Hall–Kier alpha value is -1.16. The van der Waals surface area contributed by atoms with E-state index in [1.807, 2.05) is 36.4 Å². The molecule has 0 aliphatic heterocycles. The van der Waals surface area contributed by atoms with Crippen molar-refractivity contribution in [2.45, 2.75) is 0 Å². The number of nitrogens with zero attached hydrogens (tertiary/aromatic N) is 2. The van der Waals surface area contributed by atoms with E-state index in [4.69, 9.17) is 8.83 Å². The highest BCUT2D eigenvalue weighted by Crippen LogP contribution is 2.28. The Kier molecular flexibility index (Phi) is 2.95. The van der Waals surface area contributed by atoms with Crippen LogP contribution in [-0.2, 0) is 0 Å². The zero-order valence-corrected chi connectivity index (χ0v) is 14.2. The van der Waals surface area contributed by atoms with E-state index in [0.29, 0.717) is 9.79 Å². The highest BCUT2D eigenvalue weighted by atomic mass is 127. The van der Waals surface area contributed by atoms with Gasteiger partial charge in [-0.15, -0.1) is 0 Å². The van der Waals surface area contributed by atoms with Crippen molar-refractivity contribution in [2.24, 2.45) is 0 Å². The average Bonchev–Trinajstić information content (AvgIpc) is 2.99.